The summed E-state index contributed by atoms with van der Waals surface area (Å²) in [7, 11) is -0.631. The molecule has 0 spiro atoms. The number of hydrogen-bond donors (Lipinski definition) is 3. The van der Waals surface area contributed by atoms with Gasteiger partial charge in [0.15, 0.2) is 8.07 Å². The Morgan fingerprint density at radius 2 is 1.29 bits per heavy atom. The molecular formula is C9H22O6Si2. The summed E-state index contributed by atoms with van der Waals surface area (Å²) in [6.07, 6.45) is 1.16. The molecule has 0 aromatic rings. The van der Waals surface area contributed by atoms with E-state index in [1.807, 2.05) is 0 Å². The van der Waals surface area contributed by atoms with Gasteiger partial charge in [-0.3, -0.25) is 0 Å². The molecule has 102 valence electrons. The monoisotopic (exact) mass is 282 g/mol. The highest BCUT2D eigenvalue weighted by Crippen LogP contribution is 2.14. The van der Waals surface area contributed by atoms with Crippen LogP contribution in [-0.2, 0) is 13.3 Å². The summed E-state index contributed by atoms with van der Waals surface area (Å²) in [4.78, 5) is 0. The van der Waals surface area contributed by atoms with Gasteiger partial charge in [-0.2, -0.15) is 0 Å². The molecule has 0 fully saturated rings. The molecule has 0 radical (unpaired) electrons. The van der Waals surface area contributed by atoms with E-state index in [9.17, 15) is 15.3 Å². The summed E-state index contributed by atoms with van der Waals surface area (Å²) in [6.45, 7) is 0. The maximum atomic E-state index is 9.19. The normalized spacial score (nSPS) is 13.5. The molecule has 0 rings (SSSR count). The fourth-order valence-corrected chi connectivity index (χ4v) is 4.14. The van der Waals surface area contributed by atoms with Crippen LogP contribution < -0.4 is 0 Å². The Hall–Kier alpha value is -0.0662. The minimum Gasteiger partial charge on any atom is -0.399 e. The van der Waals surface area contributed by atoms with Crippen LogP contribution in [0.5, 0.6) is 0 Å². The summed E-state index contributed by atoms with van der Waals surface area (Å²) in [5, 5.41) is 27.6. The second-order valence-corrected chi connectivity index (χ2v) is 10.7. The summed E-state index contributed by atoms with van der Waals surface area (Å²) in [6, 6.07) is 0.436. The van der Waals surface area contributed by atoms with Gasteiger partial charge in [0, 0.05) is 46.1 Å². The molecular weight excluding hydrogens is 260 g/mol. The fraction of sp³-hybridized carbons (Fsp3) is 0.778. The third-order valence-corrected chi connectivity index (χ3v) is 8.15. The lowest BCUT2D eigenvalue weighted by atomic mass is 10.8. The van der Waals surface area contributed by atoms with Crippen LogP contribution in [0.1, 0.15) is 0 Å². The topological polar surface area (TPSA) is 88.4 Å². The molecule has 0 saturated heterocycles. The highest BCUT2D eigenvalue weighted by molar-refractivity contribution is 6.84. The molecule has 0 aromatic heterocycles. The molecule has 0 aliphatic rings. The zero-order chi connectivity index (χ0) is 13.4. The minimum absolute atomic E-state index is 0.196. The van der Waals surface area contributed by atoms with Crippen LogP contribution in [0, 0.1) is 0 Å². The highest BCUT2D eigenvalue weighted by atomic mass is 28.4. The van der Waals surface area contributed by atoms with Gasteiger partial charge in [0.25, 0.3) is 0 Å². The number of aliphatic hydroxyl groups excluding tert-OH is 3. The van der Waals surface area contributed by atoms with E-state index in [0.717, 1.165) is 0 Å². The van der Waals surface area contributed by atoms with Gasteiger partial charge in [0.2, 0.25) is 0 Å². The largest absolute Gasteiger partial charge is 0.504 e. The Morgan fingerprint density at radius 1 is 0.882 bits per heavy atom. The van der Waals surface area contributed by atoms with Crippen LogP contribution in [0.2, 0.25) is 6.04 Å². The minimum atomic E-state index is -2.66. The predicted molar refractivity (Wildman–Crippen MR) is 67.7 cm³/mol. The van der Waals surface area contributed by atoms with E-state index >= 15 is 0 Å². The van der Waals surface area contributed by atoms with Crippen molar-refractivity contribution >= 4 is 16.9 Å². The summed E-state index contributed by atoms with van der Waals surface area (Å²) in [5.74, 6) is 0. The molecule has 8 heteroatoms. The van der Waals surface area contributed by atoms with Gasteiger partial charge in [0.05, 0.1) is 0 Å². The van der Waals surface area contributed by atoms with Crippen LogP contribution in [0.25, 0.3) is 0 Å². The van der Waals surface area contributed by atoms with Crippen molar-refractivity contribution in [3.63, 3.8) is 0 Å². The van der Waals surface area contributed by atoms with E-state index < -0.39 is 16.9 Å². The Bertz CT molecular complexity index is 211. The lowest BCUT2D eigenvalue weighted by molar-refractivity contribution is 0.127. The Labute approximate surface area is 104 Å². The Kier molecular flexibility index (Phi) is 8.08. The number of allylic oxidation sites excluding steroid dienone is 1. The first-order valence-electron chi connectivity index (χ1n) is 5.23. The number of rotatable bonds is 9. The maximum Gasteiger partial charge on any atom is 0.504 e. The van der Waals surface area contributed by atoms with Gasteiger partial charge in [0.1, 0.15) is 0 Å². The van der Waals surface area contributed by atoms with E-state index in [4.69, 9.17) is 13.3 Å². The standard InChI is InChI=1S/C9H22O6Si2/c1-13-17(14-2,15-3)6-4-5-16(7-10,8-11)9-12/h4-5,10-12H,6-9H2,1-3H3/b5-4+. The van der Waals surface area contributed by atoms with Crippen LogP contribution in [0.4, 0.5) is 0 Å². The summed E-state index contributed by atoms with van der Waals surface area (Å²) < 4.78 is 15.7. The molecule has 0 atom stereocenters. The van der Waals surface area contributed by atoms with Gasteiger partial charge >= 0.3 is 8.80 Å². The molecule has 0 amide bonds. The van der Waals surface area contributed by atoms with E-state index in [1.54, 1.807) is 11.8 Å². The van der Waals surface area contributed by atoms with Crippen molar-refractivity contribution in [2.45, 2.75) is 6.04 Å². The Balaban J connectivity index is 4.61. The molecule has 0 heterocycles. The summed E-state index contributed by atoms with van der Waals surface area (Å²) in [5.41, 5.74) is 1.70. The molecule has 0 aliphatic heterocycles. The van der Waals surface area contributed by atoms with E-state index in [-0.39, 0.29) is 18.7 Å². The zero-order valence-corrected chi connectivity index (χ0v) is 12.5. The molecule has 0 bridgehead atoms. The second kappa shape index (κ2) is 8.11. The van der Waals surface area contributed by atoms with Crippen molar-refractivity contribution in [3.05, 3.63) is 11.8 Å². The van der Waals surface area contributed by atoms with Crippen molar-refractivity contribution in [2.24, 2.45) is 0 Å². The molecule has 0 aliphatic carbocycles. The Morgan fingerprint density at radius 3 is 1.59 bits per heavy atom. The van der Waals surface area contributed by atoms with Crippen molar-refractivity contribution in [1.82, 2.24) is 0 Å². The fourth-order valence-electron chi connectivity index (χ4n) is 1.26. The lowest BCUT2D eigenvalue weighted by Gasteiger charge is -2.24. The number of hydrogen-bond acceptors (Lipinski definition) is 6. The SMILES string of the molecule is CO[Si](C/C=C/[Si](CO)(CO)CO)(OC)OC. The number of aliphatic hydroxyl groups is 3. The molecule has 0 saturated carbocycles. The maximum absolute atomic E-state index is 9.19. The smallest absolute Gasteiger partial charge is 0.399 e. The van der Waals surface area contributed by atoms with Gasteiger partial charge in [-0.1, -0.05) is 11.8 Å². The lowest BCUT2D eigenvalue weighted by Crippen LogP contribution is -2.47. The quantitative estimate of drug-likeness (QED) is 0.470. The van der Waals surface area contributed by atoms with Crippen molar-refractivity contribution < 1.29 is 28.6 Å². The van der Waals surface area contributed by atoms with E-state index in [2.05, 4.69) is 0 Å². The highest BCUT2D eigenvalue weighted by Gasteiger charge is 2.37. The summed E-state index contributed by atoms with van der Waals surface area (Å²) >= 11 is 0. The van der Waals surface area contributed by atoms with Gasteiger partial charge in [-0.15, -0.1) is 0 Å². The van der Waals surface area contributed by atoms with E-state index in [1.165, 1.54) is 21.3 Å². The van der Waals surface area contributed by atoms with E-state index in [0.29, 0.717) is 6.04 Å². The molecule has 0 unspecified atom stereocenters. The molecule has 0 aromatic carbocycles. The van der Waals surface area contributed by atoms with Crippen LogP contribution >= 0.6 is 0 Å². The van der Waals surface area contributed by atoms with Crippen molar-refractivity contribution in [2.75, 3.05) is 40.0 Å². The van der Waals surface area contributed by atoms with Crippen molar-refractivity contribution in [3.8, 4) is 0 Å². The molecule has 6 nitrogen and oxygen atoms in total. The second-order valence-electron chi connectivity index (χ2n) is 3.74. The average molecular weight is 282 g/mol. The van der Waals surface area contributed by atoms with Gasteiger partial charge < -0.3 is 28.6 Å². The van der Waals surface area contributed by atoms with Crippen LogP contribution in [-0.4, -0.2) is 72.2 Å². The first-order chi connectivity index (χ1) is 8.07. The van der Waals surface area contributed by atoms with Crippen molar-refractivity contribution in [1.29, 1.82) is 0 Å². The third kappa shape index (κ3) is 4.60. The van der Waals surface area contributed by atoms with Gasteiger partial charge in [-0.05, 0) is 0 Å². The first kappa shape index (κ1) is 16.9. The first-order valence-corrected chi connectivity index (χ1v) is 9.86. The van der Waals surface area contributed by atoms with Crippen LogP contribution in [0.3, 0.4) is 0 Å². The molecule has 17 heavy (non-hydrogen) atoms. The average Bonchev–Trinajstić information content (AvgIpc) is 2.41. The molecule has 3 N–H and O–H groups in total. The van der Waals surface area contributed by atoms with Gasteiger partial charge in [-0.25, -0.2) is 0 Å². The third-order valence-electron chi connectivity index (χ3n) is 2.72. The van der Waals surface area contributed by atoms with Crippen LogP contribution in [0.15, 0.2) is 11.8 Å². The zero-order valence-electron chi connectivity index (χ0n) is 10.5. The predicted octanol–water partition coefficient (Wildman–Crippen LogP) is -0.997.